The number of hydrogen-bond donors (Lipinski definition) is 3. The summed E-state index contributed by atoms with van der Waals surface area (Å²) in [6.45, 7) is 5.33. The predicted octanol–water partition coefficient (Wildman–Crippen LogP) is 4.05. The van der Waals surface area contributed by atoms with Crippen LogP contribution in [0.2, 0.25) is 0 Å². The Balaban J connectivity index is 1.77. The average molecular weight is 375 g/mol. The number of rotatable bonds is 5. The Labute approximate surface area is 163 Å². The van der Waals surface area contributed by atoms with E-state index in [0.29, 0.717) is 11.4 Å². The van der Waals surface area contributed by atoms with Gasteiger partial charge in [-0.2, -0.15) is 0 Å². The summed E-state index contributed by atoms with van der Waals surface area (Å²) in [4.78, 5) is 32.3. The molecular weight excluding hydrogens is 354 g/mol. The molecule has 142 valence electrons. The number of anilines is 4. The highest BCUT2D eigenvalue weighted by molar-refractivity contribution is 6.03. The zero-order valence-corrected chi connectivity index (χ0v) is 15.9. The number of carbonyl (C=O) groups is 2. The van der Waals surface area contributed by atoms with Crippen molar-refractivity contribution in [2.75, 3.05) is 16.0 Å². The minimum Gasteiger partial charge on any atom is -0.326 e. The van der Waals surface area contributed by atoms with Gasteiger partial charge in [-0.25, -0.2) is 9.97 Å². The topological polar surface area (TPSA) is 96.0 Å². The Bertz CT molecular complexity index is 1010. The highest BCUT2D eigenvalue weighted by atomic mass is 16.2. The van der Waals surface area contributed by atoms with Gasteiger partial charge in [0.05, 0.1) is 0 Å². The minimum absolute atomic E-state index is 0.154. The van der Waals surface area contributed by atoms with Crippen LogP contribution in [0.3, 0.4) is 0 Å². The van der Waals surface area contributed by atoms with Crippen LogP contribution in [0.1, 0.15) is 28.5 Å². The molecule has 3 N–H and O–H groups in total. The molecule has 0 aliphatic heterocycles. The number of amides is 2. The first-order valence-electron chi connectivity index (χ1n) is 8.77. The molecule has 3 aromatic rings. The first-order chi connectivity index (χ1) is 13.4. The van der Waals surface area contributed by atoms with Crippen molar-refractivity contribution < 1.29 is 9.59 Å². The summed E-state index contributed by atoms with van der Waals surface area (Å²) in [5, 5.41) is 8.67. The smallest absolute Gasteiger partial charge is 0.274 e. The lowest BCUT2D eigenvalue weighted by Crippen LogP contribution is -2.16. The molecule has 0 bridgehead atoms. The van der Waals surface area contributed by atoms with Crippen LogP contribution in [-0.4, -0.2) is 21.8 Å². The SMILES string of the molecule is CC(=O)Nc1cccc(Nc2nccc(C(=O)Nc3c(C)cccc3C)n2)c1. The lowest BCUT2D eigenvalue weighted by molar-refractivity contribution is -0.114. The van der Waals surface area contributed by atoms with Gasteiger partial charge in [0.25, 0.3) is 5.91 Å². The summed E-state index contributed by atoms with van der Waals surface area (Å²) >= 11 is 0. The fourth-order valence-corrected chi connectivity index (χ4v) is 2.74. The van der Waals surface area contributed by atoms with Crippen molar-refractivity contribution in [1.82, 2.24) is 9.97 Å². The number of aryl methyl sites for hydroxylation is 2. The molecular formula is C21H21N5O2. The highest BCUT2D eigenvalue weighted by Crippen LogP contribution is 2.21. The molecule has 7 heteroatoms. The van der Waals surface area contributed by atoms with Crippen LogP contribution >= 0.6 is 0 Å². The standard InChI is InChI=1S/C21H21N5O2/c1-13-6-4-7-14(2)19(13)26-20(28)18-10-11-22-21(25-18)24-17-9-5-8-16(12-17)23-15(3)27/h4-12H,1-3H3,(H,23,27)(H,26,28)(H,22,24,25). The molecule has 0 aliphatic rings. The van der Waals surface area contributed by atoms with E-state index in [0.717, 1.165) is 16.8 Å². The summed E-state index contributed by atoms with van der Waals surface area (Å²) in [7, 11) is 0. The van der Waals surface area contributed by atoms with E-state index >= 15 is 0 Å². The van der Waals surface area contributed by atoms with E-state index in [-0.39, 0.29) is 23.5 Å². The van der Waals surface area contributed by atoms with Crippen LogP contribution in [0.5, 0.6) is 0 Å². The molecule has 0 fully saturated rings. The second-order valence-electron chi connectivity index (χ2n) is 6.37. The van der Waals surface area contributed by atoms with E-state index in [4.69, 9.17) is 0 Å². The molecule has 3 rings (SSSR count). The van der Waals surface area contributed by atoms with Crippen molar-refractivity contribution in [3.05, 3.63) is 71.5 Å². The third-order valence-electron chi connectivity index (χ3n) is 4.05. The Morgan fingerprint density at radius 1 is 0.893 bits per heavy atom. The number of benzene rings is 2. The maximum atomic E-state index is 12.6. The number of para-hydroxylation sites is 1. The quantitative estimate of drug-likeness (QED) is 0.625. The second kappa shape index (κ2) is 8.30. The lowest BCUT2D eigenvalue weighted by atomic mass is 10.1. The molecule has 0 radical (unpaired) electrons. The number of nitrogens with zero attached hydrogens (tertiary/aromatic N) is 2. The molecule has 0 saturated heterocycles. The zero-order valence-electron chi connectivity index (χ0n) is 15.9. The molecule has 28 heavy (non-hydrogen) atoms. The van der Waals surface area contributed by atoms with E-state index in [9.17, 15) is 9.59 Å². The highest BCUT2D eigenvalue weighted by Gasteiger charge is 2.12. The maximum Gasteiger partial charge on any atom is 0.274 e. The normalized spacial score (nSPS) is 10.2. The molecule has 2 amide bonds. The Hall–Kier alpha value is -3.74. The zero-order chi connectivity index (χ0) is 20.1. The summed E-state index contributed by atoms with van der Waals surface area (Å²) in [6, 6.07) is 14.5. The third-order valence-corrected chi connectivity index (χ3v) is 4.05. The van der Waals surface area contributed by atoms with E-state index in [2.05, 4.69) is 25.9 Å². The van der Waals surface area contributed by atoms with Gasteiger partial charge >= 0.3 is 0 Å². The van der Waals surface area contributed by atoms with Crippen molar-refractivity contribution in [2.24, 2.45) is 0 Å². The van der Waals surface area contributed by atoms with Gasteiger partial charge in [0.2, 0.25) is 11.9 Å². The van der Waals surface area contributed by atoms with Gasteiger partial charge in [-0.1, -0.05) is 24.3 Å². The van der Waals surface area contributed by atoms with Crippen molar-refractivity contribution in [3.63, 3.8) is 0 Å². The van der Waals surface area contributed by atoms with Gasteiger partial charge in [-0.05, 0) is 49.2 Å². The van der Waals surface area contributed by atoms with Crippen LogP contribution < -0.4 is 16.0 Å². The minimum atomic E-state index is -0.310. The lowest BCUT2D eigenvalue weighted by Gasteiger charge is -2.12. The van der Waals surface area contributed by atoms with Crippen molar-refractivity contribution >= 4 is 34.8 Å². The predicted molar refractivity (Wildman–Crippen MR) is 110 cm³/mol. The Morgan fingerprint density at radius 2 is 1.57 bits per heavy atom. The fourth-order valence-electron chi connectivity index (χ4n) is 2.74. The second-order valence-corrected chi connectivity index (χ2v) is 6.37. The van der Waals surface area contributed by atoms with Gasteiger partial charge in [-0.3, -0.25) is 9.59 Å². The Morgan fingerprint density at radius 3 is 2.29 bits per heavy atom. The van der Waals surface area contributed by atoms with Gasteiger partial charge in [-0.15, -0.1) is 0 Å². The van der Waals surface area contributed by atoms with Gasteiger partial charge in [0.1, 0.15) is 5.69 Å². The molecule has 1 heterocycles. The summed E-state index contributed by atoms with van der Waals surface area (Å²) in [5.41, 5.74) is 4.34. The molecule has 2 aromatic carbocycles. The maximum absolute atomic E-state index is 12.6. The third kappa shape index (κ3) is 4.70. The van der Waals surface area contributed by atoms with Crippen LogP contribution in [0.4, 0.5) is 23.0 Å². The van der Waals surface area contributed by atoms with Crippen LogP contribution in [0.15, 0.2) is 54.7 Å². The van der Waals surface area contributed by atoms with Crippen molar-refractivity contribution in [2.45, 2.75) is 20.8 Å². The van der Waals surface area contributed by atoms with E-state index in [1.54, 1.807) is 24.3 Å². The molecule has 0 saturated carbocycles. The van der Waals surface area contributed by atoms with Crippen molar-refractivity contribution in [1.29, 1.82) is 0 Å². The summed E-state index contributed by atoms with van der Waals surface area (Å²) in [5.74, 6) is -0.178. The summed E-state index contributed by atoms with van der Waals surface area (Å²) in [6.07, 6.45) is 1.52. The molecule has 0 aliphatic carbocycles. The monoisotopic (exact) mass is 375 g/mol. The van der Waals surface area contributed by atoms with E-state index in [1.165, 1.54) is 13.1 Å². The van der Waals surface area contributed by atoms with Gasteiger partial charge < -0.3 is 16.0 Å². The molecule has 1 aromatic heterocycles. The number of nitrogens with one attached hydrogen (secondary N) is 3. The number of carbonyl (C=O) groups excluding carboxylic acids is 2. The van der Waals surface area contributed by atoms with Gasteiger partial charge in [0, 0.05) is 30.2 Å². The van der Waals surface area contributed by atoms with Crippen LogP contribution in [0.25, 0.3) is 0 Å². The van der Waals surface area contributed by atoms with Gasteiger partial charge in [0.15, 0.2) is 0 Å². The number of hydrogen-bond acceptors (Lipinski definition) is 5. The molecule has 0 atom stereocenters. The molecule has 0 unspecified atom stereocenters. The average Bonchev–Trinajstić information content (AvgIpc) is 2.65. The van der Waals surface area contributed by atoms with Crippen LogP contribution in [-0.2, 0) is 4.79 Å². The number of aromatic nitrogens is 2. The van der Waals surface area contributed by atoms with E-state index in [1.807, 2.05) is 38.1 Å². The Kier molecular flexibility index (Phi) is 5.64. The first-order valence-corrected chi connectivity index (χ1v) is 8.77. The molecule has 7 nitrogen and oxygen atoms in total. The summed E-state index contributed by atoms with van der Waals surface area (Å²) < 4.78 is 0. The fraction of sp³-hybridized carbons (Fsp3) is 0.143. The first kappa shape index (κ1) is 19.0. The largest absolute Gasteiger partial charge is 0.326 e. The van der Waals surface area contributed by atoms with Crippen LogP contribution in [0, 0.1) is 13.8 Å². The van der Waals surface area contributed by atoms with E-state index < -0.39 is 0 Å². The van der Waals surface area contributed by atoms with Crippen molar-refractivity contribution in [3.8, 4) is 0 Å². The molecule has 0 spiro atoms.